The summed E-state index contributed by atoms with van der Waals surface area (Å²) < 4.78 is 3.89. The van der Waals surface area contributed by atoms with E-state index < -0.39 is 0 Å². The highest BCUT2D eigenvalue weighted by Crippen LogP contribution is 2.23. The van der Waals surface area contributed by atoms with Gasteiger partial charge in [0.25, 0.3) is 0 Å². The van der Waals surface area contributed by atoms with Crippen LogP contribution in [0.5, 0.6) is 0 Å². The largest absolute Gasteiger partial charge is 0.293 e. The summed E-state index contributed by atoms with van der Waals surface area (Å²) in [6, 6.07) is 0. The first-order valence-electron chi connectivity index (χ1n) is 5.91. The van der Waals surface area contributed by atoms with Gasteiger partial charge in [-0.2, -0.15) is 0 Å². The zero-order chi connectivity index (χ0) is 12.1. The van der Waals surface area contributed by atoms with Crippen LogP contribution < -0.4 is 0 Å². The van der Waals surface area contributed by atoms with Crippen molar-refractivity contribution in [3.63, 3.8) is 0 Å². The van der Waals surface area contributed by atoms with Crippen molar-refractivity contribution < 1.29 is 4.79 Å². The molecule has 0 N–H and O–H groups in total. The van der Waals surface area contributed by atoms with Crippen LogP contribution in [0.25, 0.3) is 0 Å². The fourth-order valence-corrected chi connectivity index (χ4v) is 2.54. The minimum absolute atomic E-state index is 0.208. The van der Waals surface area contributed by atoms with E-state index in [1.165, 1.54) is 11.5 Å². The summed E-state index contributed by atoms with van der Waals surface area (Å²) in [5.74, 6) is 0.943. The van der Waals surface area contributed by atoms with Crippen molar-refractivity contribution in [3.05, 3.63) is 10.6 Å². The summed E-state index contributed by atoms with van der Waals surface area (Å²) in [7, 11) is 0. The van der Waals surface area contributed by atoms with E-state index in [9.17, 15) is 4.79 Å². The third-order valence-corrected chi connectivity index (χ3v) is 3.41. The molecular formula is C12H20N2OS. The fraction of sp³-hybridized carbons (Fsp3) is 0.750. The Hall–Kier alpha value is -0.770. The Morgan fingerprint density at radius 3 is 2.62 bits per heavy atom. The van der Waals surface area contributed by atoms with E-state index in [1.54, 1.807) is 0 Å². The number of rotatable bonds is 6. The van der Waals surface area contributed by atoms with Crippen molar-refractivity contribution in [2.24, 2.45) is 5.92 Å². The van der Waals surface area contributed by atoms with Gasteiger partial charge in [0.1, 0.15) is 4.88 Å². The van der Waals surface area contributed by atoms with Crippen LogP contribution in [0, 0.1) is 5.92 Å². The lowest BCUT2D eigenvalue weighted by Crippen LogP contribution is -2.07. The second-order valence-electron chi connectivity index (χ2n) is 4.66. The topological polar surface area (TPSA) is 42.9 Å². The molecule has 3 nitrogen and oxygen atoms in total. The smallest absolute Gasteiger partial charge is 0.176 e. The molecule has 1 unspecified atom stereocenters. The minimum Gasteiger partial charge on any atom is -0.293 e. The van der Waals surface area contributed by atoms with E-state index in [4.69, 9.17) is 0 Å². The van der Waals surface area contributed by atoms with Crippen LogP contribution in [0.3, 0.4) is 0 Å². The van der Waals surface area contributed by atoms with Gasteiger partial charge in [-0.25, -0.2) is 0 Å². The summed E-state index contributed by atoms with van der Waals surface area (Å²) in [6.45, 7) is 8.37. The van der Waals surface area contributed by atoms with Gasteiger partial charge in [0.05, 0.1) is 5.69 Å². The summed E-state index contributed by atoms with van der Waals surface area (Å²) in [6.07, 6.45) is 2.86. The quantitative estimate of drug-likeness (QED) is 0.712. The molecule has 1 rings (SSSR count). The number of hydrogen-bond acceptors (Lipinski definition) is 4. The van der Waals surface area contributed by atoms with E-state index in [0.717, 1.165) is 23.4 Å². The number of aromatic nitrogens is 2. The first kappa shape index (κ1) is 13.3. The van der Waals surface area contributed by atoms with Crippen molar-refractivity contribution in [2.75, 3.05) is 0 Å². The van der Waals surface area contributed by atoms with E-state index in [-0.39, 0.29) is 11.7 Å². The lowest BCUT2D eigenvalue weighted by atomic mass is 9.97. The Balaban J connectivity index is 2.69. The van der Waals surface area contributed by atoms with Crippen LogP contribution in [0.2, 0.25) is 0 Å². The van der Waals surface area contributed by atoms with Gasteiger partial charge in [-0.05, 0) is 23.4 Å². The number of carbonyl (C=O) groups excluding carboxylic acids is 1. The van der Waals surface area contributed by atoms with E-state index in [0.29, 0.717) is 12.3 Å². The first-order valence-corrected chi connectivity index (χ1v) is 6.69. The highest BCUT2D eigenvalue weighted by molar-refractivity contribution is 7.08. The Kier molecular flexibility index (Phi) is 5.06. The van der Waals surface area contributed by atoms with Crippen LogP contribution in [0.4, 0.5) is 0 Å². The van der Waals surface area contributed by atoms with Crippen molar-refractivity contribution >= 4 is 17.3 Å². The Morgan fingerprint density at radius 1 is 1.38 bits per heavy atom. The lowest BCUT2D eigenvalue weighted by molar-refractivity contribution is 0.0965. The molecule has 0 radical (unpaired) electrons. The highest BCUT2D eigenvalue weighted by Gasteiger charge is 2.19. The van der Waals surface area contributed by atoms with Crippen LogP contribution in [0.1, 0.15) is 68.2 Å². The van der Waals surface area contributed by atoms with Crippen LogP contribution in [0.15, 0.2) is 0 Å². The molecule has 0 bridgehead atoms. The molecule has 1 aromatic heterocycles. The maximum absolute atomic E-state index is 12.0. The van der Waals surface area contributed by atoms with Gasteiger partial charge in [-0.3, -0.25) is 4.79 Å². The van der Waals surface area contributed by atoms with Gasteiger partial charge in [-0.1, -0.05) is 45.0 Å². The first-order chi connectivity index (χ1) is 7.56. The molecule has 1 heterocycles. The summed E-state index contributed by atoms with van der Waals surface area (Å²) in [5, 5.41) is 4.04. The normalized spacial score (nSPS) is 13.1. The van der Waals surface area contributed by atoms with Crippen LogP contribution >= 0.6 is 11.5 Å². The van der Waals surface area contributed by atoms with Gasteiger partial charge in [0, 0.05) is 6.42 Å². The molecule has 90 valence electrons. The molecule has 1 atom stereocenters. The average molecular weight is 240 g/mol. The molecule has 0 aliphatic rings. The molecule has 0 saturated carbocycles. The van der Waals surface area contributed by atoms with Gasteiger partial charge in [0.15, 0.2) is 5.78 Å². The van der Waals surface area contributed by atoms with Crippen molar-refractivity contribution in [1.29, 1.82) is 0 Å². The standard InChI is InChI=1S/C12H20N2OS/c1-5-6-9(4)7-10(15)12-11(8(2)3)13-14-16-12/h8-9H,5-7H2,1-4H3. The molecule has 4 heteroatoms. The third kappa shape index (κ3) is 3.37. The van der Waals surface area contributed by atoms with Crippen molar-refractivity contribution in [1.82, 2.24) is 9.59 Å². The maximum atomic E-state index is 12.0. The predicted molar refractivity (Wildman–Crippen MR) is 67.0 cm³/mol. The Labute approximate surface area is 101 Å². The fourth-order valence-electron chi connectivity index (χ4n) is 1.77. The van der Waals surface area contributed by atoms with Gasteiger partial charge in [0.2, 0.25) is 0 Å². The predicted octanol–water partition coefficient (Wildman–Crippen LogP) is 3.67. The van der Waals surface area contributed by atoms with Gasteiger partial charge >= 0.3 is 0 Å². The average Bonchev–Trinajstić information content (AvgIpc) is 2.65. The SMILES string of the molecule is CCCC(C)CC(=O)c1snnc1C(C)C. The zero-order valence-electron chi connectivity index (χ0n) is 10.5. The van der Waals surface area contributed by atoms with Crippen molar-refractivity contribution in [2.45, 2.75) is 52.9 Å². The number of Topliss-reactive ketones (excluding diaryl/α,β-unsaturated/α-hetero) is 1. The summed E-state index contributed by atoms with van der Waals surface area (Å²) in [4.78, 5) is 12.8. The van der Waals surface area contributed by atoms with Crippen LogP contribution in [-0.4, -0.2) is 15.4 Å². The molecule has 0 aliphatic heterocycles. The van der Waals surface area contributed by atoms with Gasteiger partial charge < -0.3 is 0 Å². The summed E-state index contributed by atoms with van der Waals surface area (Å²) in [5.41, 5.74) is 0.860. The highest BCUT2D eigenvalue weighted by atomic mass is 32.1. The number of hydrogen-bond donors (Lipinski definition) is 0. The number of ketones is 1. The third-order valence-electron chi connectivity index (χ3n) is 2.63. The maximum Gasteiger partial charge on any atom is 0.176 e. The van der Waals surface area contributed by atoms with Crippen LogP contribution in [-0.2, 0) is 0 Å². The molecule has 0 fully saturated rings. The number of carbonyl (C=O) groups is 1. The molecular weight excluding hydrogens is 220 g/mol. The van der Waals surface area contributed by atoms with Gasteiger partial charge in [-0.15, -0.1) is 5.10 Å². The molecule has 16 heavy (non-hydrogen) atoms. The monoisotopic (exact) mass is 240 g/mol. The molecule has 0 saturated heterocycles. The number of nitrogens with zero attached hydrogens (tertiary/aromatic N) is 2. The Bertz CT molecular complexity index is 347. The molecule has 0 amide bonds. The van der Waals surface area contributed by atoms with E-state index in [1.807, 2.05) is 13.8 Å². The Morgan fingerprint density at radius 2 is 2.06 bits per heavy atom. The zero-order valence-corrected chi connectivity index (χ0v) is 11.3. The minimum atomic E-state index is 0.208. The van der Waals surface area contributed by atoms with E-state index in [2.05, 4.69) is 23.4 Å². The second kappa shape index (κ2) is 6.09. The van der Waals surface area contributed by atoms with E-state index >= 15 is 0 Å². The molecule has 1 aromatic rings. The molecule has 0 spiro atoms. The molecule has 0 aliphatic carbocycles. The molecule has 0 aromatic carbocycles. The second-order valence-corrected chi connectivity index (χ2v) is 5.42. The summed E-state index contributed by atoms with van der Waals surface area (Å²) >= 11 is 1.24. The lowest BCUT2D eigenvalue weighted by Gasteiger charge is -2.08. The van der Waals surface area contributed by atoms with Crippen molar-refractivity contribution in [3.8, 4) is 0 Å².